The molecule has 0 unspecified atom stereocenters. The molecule has 9 heavy (non-hydrogen) atoms. The Morgan fingerprint density at radius 3 is 1.78 bits per heavy atom. The number of aryl methyl sites for hydroxylation is 3. The minimum atomic E-state index is 0.979. The highest BCUT2D eigenvalue weighted by molar-refractivity contribution is 5.14. The lowest BCUT2D eigenvalue weighted by molar-refractivity contribution is 0.484. The van der Waals surface area contributed by atoms with Gasteiger partial charge in [-0.2, -0.15) is 0 Å². The molecule has 1 heteroatoms. The van der Waals surface area contributed by atoms with E-state index in [1.54, 1.807) is 0 Å². The molecule has 0 N–H and O–H groups in total. The van der Waals surface area contributed by atoms with E-state index in [4.69, 9.17) is 4.42 Å². The number of hydrogen-bond donors (Lipinski definition) is 0. The monoisotopic (exact) mass is 123 g/mol. The Labute approximate surface area is 55.3 Å². The van der Waals surface area contributed by atoms with Crippen molar-refractivity contribution in [3.63, 3.8) is 0 Å². The van der Waals surface area contributed by atoms with Crippen molar-refractivity contribution in [1.82, 2.24) is 0 Å². The van der Waals surface area contributed by atoms with Gasteiger partial charge in [-0.1, -0.05) is 0 Å². The molecule has 0 bridgehead atoms. The third-order valence-electron chi connectivity index (χ3n) is 1.18. The molecule has 1 heterocycles. The fourth-order valence-electron chi connectivity index (χ4n) is 0.996. The summed E-state index contributed by atoms with van der Waals surface area (Å²) >= 11 is 0. The Balaban J connectivity index is 3.17. The average Bonchev–Trinajstić information content (AvgIpc) is 1.59. The van der Waals surface area contributed by atoms with Crippen molar-refractivity contribution in [2.45, 2.75) is 20.8 Å². The lowest BCUT2D eigenvalue weighted by Crippen LogP contribution is -1.78. The highest BCUT2D eigenvalue weighted by Gasteiger charge is 2.03. The van der Waals surface area contributed by atoms with Crippen LogP contribution in [0, 0.1) is 20.8 Å². The Morgan fingerprint density at radius 1 is 1.00 bits per heavy atom. The fraction of sp³-hybridized carbons (Fsp3) is 0.375. The van der Waals surface area contributed by atoms with Gasteiger partial charge in [0.25, 0.3) is 0 Å². The van der Waals surface area contributed by atoms with Gasteiger partial charge in [0.2, 0.25) is 0 Å². The summed E-state index contributed by atoms with van der Waals surface area (Å²) in [6, 6.07) is 4.04. The van der Waals surface area contributed by atoms with Crippen LogP contribution in [0.4, 0.5) is 0 Å². The van der Waals surface area contributed by atoms with Crippen molar-refractivity contribution >= 4 is 0 Å². The third-order valence-corrected chi connectivity index (χ3v) is 1.18. The largest absolute Gasteiger partial charge is 0.326 e. The zero-order valence-electron chi connectivity index (χ0n) is 6.06. The third kappa shape index (κ3) is 1.53. The predicted molar refractivity (Wildman–Crippen MR) is 37.3 cm³/mol. The molecule has 0 aliphatic rings. The summed E-state index contributed by atoms with van der Waals surface area (Å²) in [6.07, 6.45) is 0. The van der Waals surface area contributed by atoms with Crippen LogP contribution in [0.5, 0.6) is 0 Å². The molecular formula is C8H11O+. The van der Waals surface area contributed by atoms with E-state index in [-0.39, 0.29) is 0 Å². The normalized spacial score (nSPS) is 9.67. The molecule has 1 aromatic rings. The first-order chi connectivity index (χ1) is 4.18. The topological polar surface area (TPSA) is 11.3 Å². The molecule has 0 amide bonds. The Bertz CT molecular complexity index is 165. The van der Waals surface area contributed by atoms with Crippen LogP contribution >= 0.6 is 0 Å². The molecule has 0 saturated carbocycles. The minimum absolute atomic E-state index is 0.979. The molecule has 0 aliphatic heterocycles. The zero-order valence-corrected chi connectivity index (χ0v) is 6.06. The van der Waals surface area contributed by atoms with Gasteiger partial charge in [0, 0.05) is 12.1 Å². The van der Waals surface area contributed by atoms with E-state index < -0.39 is 0 Å². The molecule has 0 spiro atoms. The van der Waals surface area contributed by atoms with Gasteiger partial charge < -0.3 is 0 Å². The van der Waals surface area contributed by atoms with E-state index in [0.717, 1.165) is 11.5 Å². The van der Waals surface area contributed by atoms with Crippen molar-refractivity contribution in [3.05, 3.63) is 29.2 Å². The second-order valence-electron chi connectivity index (χ2n) is 2.36. The van der Waals surface area contributed by atoms with Crippen LogP contribution < -0.4 is 0 Å². The average molecular weight is 123 g/mol. The van der Waals surface area contributed by atoms with Crippen LogP contribution in [-0.4, -0.2) is 0 Å². The molecule has 48 valence electrons. The van der Waals surface area contributed by atoms with Gasteiger partial charge in [0.05, 0.1) is 13.8 Å². The summed E-state index contributed by atoms with van der Waals surface area (Å²) in [5, 5.41) is 0. The van der Waals surface area contributed by atoms with Crippen LogP contribution in [0.15, 0.2) is 16.5 Å². The van der Waals surface area contributed by atoms with Crippen molar-refractivity contribution in [2.24, 2.45) is 0 Å². The lowest BCUT2D eigenvalue weighted by atomic mass is 10.2. The second kappa shape index (κ2) is 2.18. The van der Waals surface area contributed by atoms with Crippen molar-refractivity contribution in [3.8, 4) is 0 Å². The van der Waals surface area contributed by atoms with Crippen molar-refractivity contribution < 1.29 is 4.42 Å². The quantitative estimate of drug-likeness (QED) is 0.482. The maximum Gasteiger partial charge on any atom is 0.326 e. The first-order valence-electron chi connectivity index (χ1n) is 3.06. The summed E-state index contributed by atoms with van der Waals surface area (Å²) in [6.45, 7) is 5.98. The molecular weight excluding hydrogens is 112 g/mol. The highest BCUT2D eigenvalue weighted by atomic mass is 16.3. The summed E-state index contributed by atoms with van der Waals surface area (Å²) in [4.78, 5) is 0. The van der Waals surface area contributed by atoms with E-state index in [1.165, 1.54) is 5.56 Å². The van der Waals surface area contributed by atoms with E-state index in [2.05, 4.69) is 6.92 Å². The second-order valence-corrected chi connectivity index (χ2v) is 2.36. The van der Waals surface area contributed by atoms with E-state index in [0.29, 0.717) is 0 Å². The van der Waals surface area contributed by atoms with Gasteiger partial charge in [0.1, 0.15) is 0 Å². The maximum atomic E-state index is 5.26. The fourth-order valence-corrected chi connectivity index (χ4v) is 0.996. The summed E-state index contributed by atoms with van der Waals surface area (Å²) in [7, 11) is 0. The highest BCUT2D eigenvalue weighted by Crippen LogP contribution is 2.06. The van der Waals surface area contributed by atoms with Crippen LogP contribution in [-0.2, 0) is 0 Å². The Kier molecular flexibility index (Phi) is 1.52. The Hall–Kier alpha value is -0.850. The van der Waals surface area contributed by atoms with Gasteiger partial charge in [-0.05, 0) is 12.5 Å². The first kappa shape index (κ1) is 6.27. The van der Waals surface area contributed by atoms with Crippen LogP contribution in [0.25, 0.3) is 0 Å². The van der Waals surface area contributed by atoms with Crippen LogP contribution in [0.1, 0.15) is 17.1 Å². The molecule has 0 radical (unpaired) electrons. The van der Waals surface area contributed by atoms with Gasteiger partial charge in [-0.25, -0.2) is 4.42 Å². The summed E-state index contributed by atoms with van der Waals surface area (Å²) in [5.74, 6) is 1.96. The minimum Gasteiger partial charge on any atom is -0.218 e. The molecule has 0 aromatic carbocycles. The SMILES string of the molecule is Cc1cc(C)[o+]c(C)c1. The van der Waals surface area contributed by atoms with Crippen molar-refractivity contribution in [2.75, 3.05) is 0 Å². The lowest BCUT2D eigenvalue weighted by Gasteiger charge is -1.84. The zero-order chi connectivity index (χ0) is 6.85. The first-order valence-corrected chi connectivity index (χ1v) is 3.06. The van der Waals surface area contributed by atoms with E-state index >= 15 is 0 Å². The summed E-state index contributed by atoms with van der Waals surface area (Å²) in [5.41, 5.74) is 1.26. The molecule has 1 aromatic heterocycles. The molecule has 1 nitrogen and oxygen atoms in total. The van der Waals surface area contributed by atoms with Crippen LogP contribution in [0.2, 0.25) is 0 Å². The predicted octanol–water partition coefficient (Wildman–Crippen LogP) is 2.49. The smallest absolute Gasteiger partial charge is 0.218 e. The molecule has 0 atom stereocenters. The van der Waals surface area contributed by atoms with E-state index in [9.17, 15) is 0 Å². The van der Waals surface area contributed by atoms with Crippen LogP contribution in [0.3, 0.4) is 0 Å². The summed E-state index contributed by atoms with van der Waals surface area (Å²) < 4.78 is 5.26. The van der Waals surface area contributed by atoms with Gasteiger partial charge >= 0.3 is 11.5 Å². The molecule has 1 rings (SSSR count). The van der Waals surface area contributed by atoms with Gasteiger partial charge in [0.15, 0.2) is 0 Å². The van der Waals surface area contributed by atoms with Gasteiger partial charge in [-0.15, -0.1) is 0 Å². The molecule has 0 saturated heterocycles. The molecule has 0 aliphatic carbocycles. The Morgan fingerprint density at radius 2 is 1.44 bits per heavy atom. The van der Waals surface area contributed by atoms with Gasteiger partial charge in [-0.3, -0.25) is 0 Å². The number of hydrogen-bond acceptors (Lipinski definition) is 0. The van der Waals surface area contributed by atoms with E-state index in [1.807, 2.05) is 26.0 Å². The molecule has 0 fully saturated rings. The standard InChI is InChI=1S/C8H11O/c1-6-4-7(2)9-8(3)5-6/h4-5H,1-3H3/q+1. The van der Waals surface area contributed by atoms with Crippen molar-refractivity contribution in [1.29, 1.82) is 0 Å². The maximum absolute atomic E-state index is 5.26. The number of rotatable bonds is 0.